The molecule has 0 unspecified atom stereocenters. The lowest BCUT2D eigenvalue weighted by Gasteiger charge is -2.28. The molecular weight excluding hydrogens is 212 g/mol. The summed E-state index contributed by atoms with van der Waals surface area (Å²) < 4.78 is 5.40. The topological polar surface area (TPSA) is 51.0 Å². The molecule has 3 rings (SSSR count). The summed E-state index contributed by atoms with van der Waals surface area (Å²) in [7, 11) is 0. The smallest absolute Gasteiger partial charge is 0.0469 e. The molecule has 3 N–H and O–H groups in total. The van der Waals surface area contributed by atoms with E-state index in [2.05, 4.69) is 29.2 Å². The summed E-state index contributed by atoms with van der Waals surface area (Å²) in [6, 6.07) is 8.56. The predicted octanol–water partition coefficient (Wildman–Crippen LogP) is 2.59. The minimum Gasteiger partial charge on any atom is -0.381 e. The van der Waals surface area contributed by atoms with Crippen molar-refractivity contribution >= 4 is 10.9 Å². The third-order valence-electron chi connectivity index (χ3n) is 3.76. The summed E-state index contributed by atoms with van der Waals surface area (Å²) in [6.45, 7) is 1.70. The van der Waals surface area contributed by atoms with E-state index in [0.717, 1.165) is 26.1 Å². The van der Waals surface area contributed by atoms with Crippen LogP contribution in [0.1, 0.15) is 24.4 Å². The number of aromatic amines is 1. The number of fused-ring (bicyclic) bond motifs is 1. The number of rotatable bonds is 2. The normalized spacial score (nSPS) is 19.6. The quantitative estimate of drug-likeness (QED) is 0.833. The van der Waals surface area contributed by atoms with E-state index in [1.54, 1.807) is 0 Å². The van der Waals surface area contributed by atoms with Gasteiger partial charge in [-0.3, -0.25) is 0 Å². The van der Waals surface area contributed by atoms with Gasteiger partial charge in [0.05, 0.1) is 0 Å². The first-order valence-electron chi connectivity index (χ1n) is 6.25. The Morgan fingerprint density at radius 3 is 2.88 bits per heavy atom. The number of aromatic nitrogens is 1. The predicted molar refractivity (Wildman–Crippen MR) is 68.8 cm³/mol. The first-order chi connectivity index (χ1) is 8.36. The second kappa shape index (κ2) is 4.51. The van der Waals surface area contributed by atoms with Crippen LogP contribution in [0.2, 0.25) is 0 Å². The summed E-state index contributed by atoms with van der Waals surface area (Å²) in [5.41, 5.74) is 8.86. The van der Waals surface area contributed by atoms with Gasteiger partial charge >= 0.3 is 0 Å². The Morgan fingerprint density at radius 1 is 1.24 bits per heavy atom. The zero-order valence-electron chi connectivity index (χ0n) is 9.86. The van der Waals surface area contributed by atoms with Gasteiger partial charge in [0.25, 0.3) is 0 Å². The maximum Gasteiger partial charge on any atom is 0.0469 e. The van der Waals surface area contributed by atoms with Gasteiger partial charge < -0.3 is 15.5 Å². The number of hydrogen-bond acceptors (Lipinski definition) is 2. The molecular formula is C14H18N2O. The van der Waals surface area contributed by atoms with Crippen LogP contribution in [0, 0.1) is 5.92 Å². The second-order valence-corrected chi connectivity index (χ2v) is 4.76. The molecule has 0 bridgehead atoms. The van der Waals surface area contributed by atoms with Gasteiger partial charge in [0.2, 0.25) is 0 Å². The van der Waals surface area contributed by atoms with Gasteiger partial charge in [-0.2, -0.15) is 0 Å². The summed E-state index contributed by atoms with van der Waals surface area (Å²) >= 11 is 0. The lowest BCUT2D eigenvalue weighted by molar-refractivity contribution is 0.0585. The maximum atomic E-state index is 6.43. The molecule has 0 amide bonds. The molecule has 1 atom stereocenters. The van der Waals surface area contributed by atoms with E-state index in [9.17, 15) is 0 Å². The molecule has 0 saturated carbocycles. The van der Waals surface area contributed by atoms with Crippen LogP contribution in [0.4, 0.5) is 0 Å². The molecule has 3 heteroatoms. The Balaban J connectivity index is 1.94. The third kappa shape index (κ3) is 1.96. The number of ether oxygens (including phenoxy) is 1. The molecule has 1 aliphatic rings. The zero-order chi connectivity index (χ0) is 11.7. The summed E-state index contributed by atoms with van der Waals surface area (Å²) in [5, 5.41) is 1.26. The second-order valence-electron chi connectivity index (χ2n) is 4.76. The van der Waals surface area contributed by atoms with Gasteiger partial charge in [0.15, 0.2) is 0 Å². The molecule has 1 saturated heterocycles. The van der Waals surface area contributed by atoms with E-state index < -0.39 is 0 Å². The fourth-order valence-electron chi connectivity index (χ4n) is 2.73. The number of benzene rings is 1. The number of H-pyrrole nitrogens is 1. The highest BCUT2D eigenvalue weighted by molar-refractivity contribution is 5.83. The van der Waals surface area contributed by atoms with Crippen LogP contribution in [0.15, 0.2) is 30.5 Å². The highest BCUT2D eigenvalue weighted by Gasteiger charge is 2.23. The Bertz CT molecular complexity index is 500. The Morgan fingerprint density at radius 2 is 2.06 bits per heavy atom. The van der Waals surface area contributed by atoms with Crippen LogP contribution in [0.25, 0.3) is 10.9 Å². The Hall–Kier alpha value is -1.32. The maximum absolute atomic E-state index is 6.43. The molecule has 2 aromatic rings. The molecule has 90 valence electrons. The summed E-state index contributed by atoms with van der Waals surface area (Å²) in [5.74, 6) is 0.546. The van der Waals surface area contributed by atoms with Gasteiger partial charge in [-0.25, -0.2) is 0 Å². The van der Waals surface area contributed by atoms with Crippen molar-refractivity contribution in [3.8, 4) is 0 Å². The standard InChI is InChI=1S/C14H18N2O/c15-14(10-5-8-17-9-6-10)12-2-1-3-13-11(12)4-7-16-13/h1-4,7,10,14,16H,5-6,8-9,15H2/t14-/m0/s1. The van der Waals surface area contributed by atoms with Crippen molar-refractivity contribution in [3.63, 3.8) is 0 Å². The molecule has 1 aromatic heterocycles. The first-order valence-corrected chi connectivity index (χ1v) is 6.25. The van der Waals surface area contributed by atoms with Crippen LogP contribution in [0.3, 0.4) is 0 Å². The van der Waals surface area contributed by atoms with Crippen LogP contribution in [-0.4, -0.2) is 18.2 Å². The fraction of sp³-hybridized carbons (Fsp3) is 0.429. The Labute approximate surface area is 101 Å². The van der Waals surface area contributed by atoms with Crippen molar-refractivity contribution in [3.05, 3.63) is 36.0 Å². The molecule has 1 fully saturated rings. The van der Waals surface area contributed by atoms with E-state index in [-0.39, 0.29) is 6.04 Å². The highest BCUT2D eigenvalue weighted by atomic mass is 16.5. The van der Waals surface area contributed by atoms with E-state index in [0.29, 0.717) is 5.92 Å². The summed E-state index contributed by atoms with van der Waals surface area (Å²) in [4.78, 5) is 3.24. The highest BCUT2D eigenvalue weighted by Crippen LogP contribution is 2.31. The van der Waals surface area contributed by atoms with Gasteiger partial charge in [0, 0.05) is 36.4 Å². The monoisotopic (exact) mass is 230 g/mol. The molecule has 1 aliphatic heterocycles. The van der Waals surface area contributed by atoms with E-state index >= 15 is 0 Å². The lowest BCUT2D eigenvalue weighted by Crippen LogP contribution is -2.27. The van der Waals surface area contributed by atoms with Gasteiger partial charge in [-0.1, -0.05) is 12.1 Å². The van der Waals surface area contributed by atoms with Crippen molar-refractivity contribution in [2.45, 2.75) is 18.9 Å². The lowest BCUT2D eigenvalue weighted by atomic mass is 9.86. The first kappa shape index (κ1) is 10.8. The van der Waals surface area contributed by atoms with Crippen molar-refractivity contribution in [2.24, 2.45) is 11.7 Å². The largest absolute Gasteiger partial charge is 0.381 e. The zero-order valence-corrected chi connectivity index (χ0v) is 9.86. The van der Waals surface area contributed by atoms with Crippen LogP contribution >= 0.6 is 0 Å². The van der Waals surface area contributed by atoms with Crippen molar-refractivity contribution in [1.29, 1.82) is 0 Å². The van der Waals surface area contributed by atoms with Crippen LogP contribution < -0.4 is 5.73 Å². The molecule has 0 radical (unpaired) electrons. The molecule has 0 spiro atoms. The van der Waals surface area contributed by atoms with E-state index in [1.807, 2.05) is 6.20 Å². The van der Waals surface area contributed by atoms with E-state index in [1.165, 1.54) is 16.5 Å². The minimum absolute atomic E-state index is 0.124. The SMILES string of the molecule is N[C@H](c1cccc2[nH]ccc12)C1CCOCC1. The number of nitrogens with one attached hydrogen (secondary N) is 1. The Kier molecular flexibility index (Phi) is 2.87. The van der Waals surface area contributed by atoms with Crippen LogP contribution in [-0.2, 0) is 4.74 Å². The molecule has 1 aromatic carbocycles. The molecule has 2 heterocycles. The average molecular weight is 230 g/mol. The van der Waals surface area contributed by atoms with Crippen molar-refractivity contribution in [2.75, 3.05) is 13.2 Å². The fourth-order valence-corrected chi connectivity index (χ4v) is 2.73. The van der Waals surface area contributed by atoms with Gasteiger partial charge in [-0.05, 0) is 36.5 Å². The number of hydrogen-bond donors (Lipinski definition) is 2. The number of nitrogens with two attached hydrogens (primary N) is 1. The van der Waals surface area contributed by atoms with Crippen molar-refractivity contribution in [1.82, 2.24) is 4.98 Å². The van der Waals surface area contributed by atoms with Crippen LogP contribution in [0.5, 0.6) is 0 Å². The molecule has 17 heavy (non-hydrogen) atoms. The van der Waals surface area contributed by atoms with Crippen molar-refractivity contribution < 1.29 is 4.74 Å². The summed E-state index contributed by atoms with van der Waals surface area (Å²) in [6.07, 6.45) is 4.12. The average Bonchev–Trinajstić information content (AvgIpc) is 2.87. The third-order valence-corrected chi connectivity index (χ3v) is 3.76. The van der Waals surface area contributed by atoms with Gasteiger partial charge in [-0.15, -0.1) is 0 Å². The molecule has 0 aliphatic carbocycles. The molecule has 3 nitrogen and oxygen atoms in total. The minimum atomic E-state index is 0.124. The van der Waals surface area contributed by atoms with Gasteiger partial charge in [0.1, 0.15) is 0 Å². The van der Waals surface area contributed by atoms with E-state index in [4.69, 9.17) is 10.5 Å².